The number of benzene rings is 1. The Hall–Kier alpha value is -1.22. The molecule has 0 radical (unpaired) electrons. The van der Waals surface area contributed by atoms with E-state index in [1.165, 1.54) is 12.1 Å². The first-order chi connectivity index (χ1) is 7.75. The van der Waals surface area contributed by atoms with Crippen molar-refractivity contribution in [2.24, 2.45) is 5.92 Å². The van der Waals surface area contributed by atoms with E-state index < -0.39 is 0 Å². The molecule has 2 rings (SSSR count). The first kappa shape index (κ1) is 11.3. The van der Waals surface area contributed by atoms with Crippen LogP contribution in [-0.4, -0.2) is 19.0 Å². The van der Waals surface area contributed by atoms with E-state index in [1.54, 1.807) is 12.1 Å². The smallest absolute Gasteiger partial charge is 0.163 e. The Bertz CT molecular complexity index is 370. The van der Waals surface area contributed by atoms with Gasteiger partial charge in [-0.15, -0.1) is 0 Å². The lowest BCUT2D eigenvalue weighted by molar-refractivity contribution is 0.0601. The summed E-state index contributed by atoms with van der Waals surface area (Å²) in [5, 5.41) is 0. The highest BCUT2D eigenvalue weighted by Gasteiger charge is 2.18. The summed E-state index contributed by atoms with van der Waals surface area (Å²) in [6.45, 7) is 1.47. The Balaban J connectivity index is 1.97. The van der Waals surface area contributed by atoms with Crippen molar-refractivity contribution in [1.82, 2.24) is 0 Å². The normalized spacial score (nSPS) is 17.3. The molecule has 0 spiro atoms. The van der Waals surface area contributed by atoms with Gasteiger partial charge in [0.25, 0.3) is 0 Å². The van der Waals surface area contributed by atoms with Gasteiger partial charge in [0.05, 0.1) is 0 Å². The molecule has 86 valence electrons. The minimum absolute atomic E-state index is 0.0337. The van der Waals surface area contributed by atoms with Crippen molar-refractivity contribution in [1.29, 1.82) is 0 Å². The molecule has 1 aromatic rings. The molecule has 1 aromatic carbocycles. The van der Waals surface area contributed by atoms with Gasteiger partial charge >= 0.3 is 0 Å². The predicted molar refractivity (Wildman–Crippen MR) is 58.9 cm³/mol. The number of halogens is 1. The van der Waals surface area contributed by atoms with Gasteiger partial charge in [0.1, 0.15) is 5.82 Å². The predicted octanol–water partition coefficient (Wildman–Crippen LogP) is 2.83. The highest BCUT2D eigenvalue weighted by molar-refractivity contribution is 5.96. The van der Waals surface area contributed by atoms with Crippen LogP contribution in [0.4, 0.5) is 4.39 Å². The summed E-state index contributed by atoms with van der Waals surface area (Å²) in [5.74, 6) is 0.0775. The monoisotopic (exact) mass is 222 g/mol. The van der Waals surface area contributed by atoms with Crippen LogP contribution in [0.2, 0.25) is 0 Å². The van der Waals surface area contributed by atoms with E-state index in [2.05, 4.69) is 0 Å². The lowest BCUT2D eigenvalue weighted by Gasteiger charge is -2.21. The molecule has 0 saturated carbocycles. The molecule has 0 aromatic heterocycles. The fourth-order valence-corrected chi connectivity index (χ4v) is 1.99. The summed E-state index contributed by atoms with van der Waals surface area (Å²) in [5.41, 5.74) is 0.478. The van der Waals surface area contributed by atoms with Gasteiger partial charge in [-0.2, -0.15) is 0 Å². The van der Waals surface area contributed by atoms with Gasteiger partial charge in [0.15, 0.2) is 5.78 Å². The van der Waals surface area contributed by atoms with Crippen molar-refractivity contribution in [3.8, 4) is 0 Å². The van der Waals surface area contributed by atoms with E-state index in [0.717, 1.165) is 26.1 Å². The van der Waals surface area contributed by atoms with Crippen molar-refractivity contribution in [3.05, 3.63) is 35.6 Å². The first-order valence-electron chi connectivity index (χ1n) is 5.62. The van der Waals surface area contributed by atoms with Crippen LogP contribution in [0.5, 0.6) is 0 Å². The van der Waals surface area contributed by atoms with Crippen LogP contribution in [0.15, 0.2) is 24.3 Å². The summed E-state index contributed by atoms with van der Waals surface area (Å²) in [6.07, 6.45) is 2.37. The van der Waals surface area contributed by atoms with Crippen LogP contribution < -0.4 is 0 Å². The largest absolute Gasteiger partial charge is 0.381 e. The molecule has 0 N–H and O–H groups in total. The van der Waals surface area contributed by atoms with E-state index in [-0.39, 0.29) is 11.6 Å². The number of hydrogen-bond acceptors (Lipinski definition) is 2. The number of ether oxygens (including phenoxy) is 1. The number of rotatable bonds is 3. The van der Waals surface area contributed by atoms with Crippen LogP contribution in [0.25, 0.3) is 0 Å². The molecule has 0 aliphatic carbocycles. The highest BCUT2D eigenvalue weighted by Crippen LogP contribution is 2.20. The third-order valence-electron chi connectivity index (χ3n) is 2.96. The second-order valence-electron chi connectivity index (χ2n) is 4.19. The number of Topliss-reactive ketones (excluding diaryl/α,β-unsaturated/α-hetero) is 1. The maximum absolute atomic E-state index is 12.9. The van der Waals surface area contributed by atoms with Crippen molar-refractivity contribution < 1.29 is 13.9 Å². The van der Waals surface area contributed by atoms with Gasteiger partial charge in [-0.25, -0.2) is 4.39 Å². The molecule has 0 bridgehead atoms. The summed E-state index contributed by atoms with van der Waals surface area (Å²) >= 11 is 0. The highest BCUT2D eigenvalue weighted by atomic mass is 19.1. The van der Waals surface area contributed by atoms with Crippen molar-refractivity contribution in [3.63, 3.8) is 0 Å². The maximum atomic E-state index is 12.9. The molecule has 0 amide bonds. The van der Waals surface area contributed by atoms with E-state index >= 15 is 0 Å². The Morgan fingerprint density at radius 2 is 2.12 bits per heavy atom. The minimum atomic E-state index is -0.349. The summed E-state index contributed by atoms with van der Waals surface area (Å²) in [7, 11) is 0. The lowest BCUT2D eigenvalue weighted by Crippen LogP contribution is -2.18. The zero-order chi connectivity index (χ0) is 11.4. The standard InChI is InChI=1S/C13H15FO2/c14-12-3-1-2-11(9-12)13(15)8-10-4-6-16-7-5-10/h1-3,9-10H,4-8H2. The van der Waals surface area contributed by atoms with E-state index in [9.17, 15) is 9.18 Å². The van der Waals surface area contributed by atoms with Crippen molar-refractivity contribution >= 4 is 5.78 Å². The molecular formula is C13H15FO2. The third kappa shape index (κ3) is 2.89. The molecule has 0 atom stereocenters. The minimum Gasteiger partial charge on any atom is -0.381 e. The molecular weight excluding hydrogens is 207 g/mol. The molecule has 1 aliphatic rings. The summed E-state index contributed by atoms with van der Waals surface area (Å²) < 4.78 is 18.2. The zero-order valence-corrected chi connectivity index (χ0v) is 9.12. The Kier molecular flexibility index (Phi) is 3.67. The van der Waals surface area contributed by atoms with Gasteiger partial charge in [0, 0.05) is 25.2 Å². The number of carbonyl (C=O) groups excluding carboxylic acids is 1. The fourth-order valence-electron chi connectivity index (χ4n) is 1.99. The second kappa shape index (κ2) is 5.21. The Morgan fingerprint density at radius 3 is 2.81 bits per heavy atom. The van der Waals surface area contributed by atoms with Gasteiger partial charge in [-0.3, -0.25) is 4.79 Å². The number of ketones is 1. The first-order valence-corrected chi connectivity index (χ1v) is 5.62. The van der Waals surface area contributed by atoms with Crippen molar-refractivity contribution in [2.45, 2.75) is 19.3 Å². The Labute approximate surface area is 94.4 Å². The molecule has 1 saturated heterocycles. The average Bonchev–Trinajstić information content (AvgIpc) is 2.30. The topological polar surface area (TPSA) is 26.3 Å². The quantitative estimate of drug-likeness (QED) is 0.735. The molecule has 16 heavy (non-hydrogen) atoms. The third-order valence-corrected chi connectivity index (χ3v) is 2.96. The Morgan fingerprint density at radius 1 is 1.38 bits per heavy atom. The molecule has 1 aliphatic heterocycles. The fraction of sp³-hybridized carbons (Fsp3) is 0.462. The SMILES string of the molecule is O=C(CC1CCOCC1)c1cccc(F)c1. The van der Waals surface area contributed by atoms with Crippen LogP contribution in [0, 0.1) is 11.7 Å². The average molecular weight is 222 g/mol. The van der Waals surface area contributed by atoms with Crippen LogP contribution >= 0.6 is 0 Å². The van der Waals surface area contributed by atoms with Gasteiger partial charge in [-0.1, -0.05) is 12.1 Å². The van der Waals surface area contributed by atoms with Crippen LogP contribution in [0.1, 0.15) is 29.6 Å². The summed E-state index contributed by atoms with van der Waals surface area (Å²) in [4.78, 5) is 11.9. The molecule has 1 heterocycles. The van der Waals surface area contributed by atoms with E-state index in [4.69, 9.17) is 4.74 Å². The van der Waals surface area contributed by atoms with Gasteiger partial charge in [-0.05, 0) is 30.9 Å². The number of hydrogen-bond donors (Lipinski definition) is 0. The number of carbonyl (C=O) groups is 1. The van der Waals surface area contributed by atoms with Gasteiger partial charge < -0.3 is 4.74 Å². The second-order valence-corrected chi connectivity index (χ2v) is 4.19. The lowest BCUT2D eigenvalue weighted by atomic mass is 9.92. The molecule has 3 heteroatoms. The summed E-state index contributed by atoms with van der Waals surface area (Å²) in [6, 6.07) is 5.91. The zero-order valence-electron chi connectivity index (χ0n) is 9.12. The van der Waals surface area contributed by atoms with E-state index in [1.807, 2.05) is 0 Å². The molecule has 0 unspecified atom stereocenters. The molecule has 1 fully saturated rings. The van der Waals surface area contributed by atoms with E-state index in [0.29, 0.717) is 17.9 Å². The van der Waals surface area contributed by atoms with Crippen LogP contribution in [-0.2, 0) is 4.74 Å². The van der Waals surface area contributed by atoms with Gasteiger partial charge in [0.2, 0.25) is 0 Å². The maximum Gasteiger partial charge on any atom is 0.163 e. The van der Waals surface area contributed by atoms with Crippen LogP contribution in [0.3, 0.4) is 0 Å². The molecule has 2 nitrogen and oxygen atoms in total. The van der Waals surface area contributed by atoms with Crippen molar-refractivity contribution in [2.75, 3.05) is 13.2 Å².